The van der Waals surface area contributed by atoms with Crippen molar-refractivity contribution in [2.24, 2.45) is 13.0 Å². The third kappa shape index (κ3) is 3.09. The van der Waals surface area contributed by atoms with E-state index in [4.69, 9.17) is 0 Å². The van der Waals surface area contributed by atoms with Gasteiger partial charge in [-0.05, 0) is 38.8 Å². The molecule has 1 aliphatic heterocycles. The molecule has 0 amide bonds. The molecule has 0 aromatic carbocycles. The van der Waals surface area contributed by atoms with Crippen LogP contribution in [0.4, 0.5) is 0 Å². The number of nitrogens with one attached hydrogen (secondary N) is 2. The molecule has 6 nitrogen and oxygen atoms in total. The van der Waals surface area contributed by atoms with Crippen LogP contribution in [-0.4, -0.2) is 37.6 Å². The van der Waals surface area contributed by atoms with Crippen molar-refractivity contribution >= 4 is 10.0 Å². The molecule has 0 bridgehead atoms. The molecule has 0 aliphatic carbocycles. The first-order valence-corrected chi connectivity index (χ1v) is 7.68. The third-order valence-corrected chi connectivity index (χ3v) is 4.62. The smallest absolute Gasteiger partial charge is 0.259 e. The molecule has 1 aromatic heterocycles. The second-order valence-electron chi connectivity index (χ2n) is 4.80. The van der Waals surface area contributed by atoms with E-state index in [1.807, 2.05) is 0 Å². The number of rotatable bonds is 4. The Kier molecular flexibility index (Phi) is 4.04. The first-order chi connectivity index (χ1) is 8.49. The fraction of sp³-hybridized carbons (Fsp3) is 0.727. The van der Waals surface area contributed by atoms with Crippen LogP contribution in [0.2, 0.25) is 0 Å². The van der Waals surface area contributed by atoms with E-state index < -0.39 is 10.0 Å². The Hall–Kier alpha value is -0.920. The fourth-order valence-corrected chi connectivity index (χ4v) is 3.21. The second kappa shape index (κ2) is 5.38. The van der Waals surface area contributed by atoms with E-state index in [0.29, 0.717) is 18.3 Å². The van der Waals surface area contributed by atoms with Gasteiger partial charge >= 0.3 is 0 Å². The van der Waals surface area contributed by atoms with Crippen LogP contribution in [0.25, 0.3) is 0 Å². The maximum absolute atomic E-state index is 12.0. The highest BCUT2D eigenvalue weighted by atomic mass is 32.2. The summed E-state index contributed by atoms with van der Waals surface area (Å²) in [6.45, 7) is 4.17. The van der Waals surface area contributed by atoms with Crippen LogP contribution in [-0.2, 0) is 17.1 Å². The van der Waals surface area contributed by atoms with Crippen molar-refractivity contribution in [3.63, 3.8) is 0 Å². The zero-order valence-electron chi connectivity index (χ0n) is 10.8. The number of aryl methyl sites for hydroxylation is 2. The van der Waals surface area contributed by atoms with Crippen LogP contribution in [0.15, 0.2) is 11.2 Å². The lowest BCUT2D eigenvalue weighted by molar-refractivity contribution is 0.375. The molecule has 1 aromatic rings. The van der Waals surface area contributed by atoms with Gasteiger partial charge in [-0.25, -0.2) is 18.1 Å². The molecule has 18 heavy (non-hydrogen) atoms. The Morgan fingerprint density at radius 2 is 2.39 bits per heavy atom. The summed E-state index contributed by atoms with van der Waals surface area (Å²) >= 11 is 0. The van der Waals surface area contributed by atoms with Gasteiger partial charge in [0.1, 0.15) is 5.82 Å². The molecule has 1 fully saturated rings. The Bertz CT molecular complexity index is 484. The Balaban J connectivity index is 1.98. The van der Waals surface area contributed by atoms with Crippen LogP contribution in [0, 0.1) is 12.8 Å². The van der Waals surface area contributed by atoms with E-state index in [1.54, 1.807) is 18.5 Å². The quantitative estimate of drug-likeness (QED) is 0.809. The summed E-state index contributed by atoms with van der Waals surface area (Å²) in [6.07, 6.45) is 3.71. The maximum atomic E-state index is 12.0. The number of imidazole rings is 1. The number of aromatic nitrogens is 2. The molecule has 2 N–H and O–H groups in total. The van der Waals surface area contributed by atoms with E-state index in [9.17, 15) is 8.42 Å². The maximum Gasteiger partial charge on any atom is 0.259 e. The highest BCUT2D eigenvalue weighted by Crippen LogP contribution is 2.11. The summed E-state index contributed by atoms with van der Waals surface area (Å²) in [5.74, 6) is 1.06. The van der Waals surface area contributed by atoms with Crippen molar-refractivity contribution in [2.45, 2.75) is 24.8 Å². The Labute approximate surface area is 108 Å². The third-order valence-electron chi connectivity index (χ3n) is 3.32. The van der Waals surface area contributed by atoms with E-state index in [1.165, 1.54) is 6.20 Å². The van der Waals surface area contributed by atoms with Crippen LogP contribution in [0.5, 0.6) is 0 Å². The van der Waals surface area contributed by atoms with Crippen molar-refractivity contribution in [1.29, 1.82) is 0 Å². The van der Waals surface area contributed by atoms with Gasteiger partial charge in [-0.15, -0.1) is 0 Å². The largest absolute Gasteiger partial charge is 0.337 e. The minimum absolute atomic E-state index is 0.103. The van der Waals surface area contributed by atoms with Crippen molar-refractivity contribution < 1.29 is 8.42 Å². The topological polar surface area (TPSA) is 76.0 Å². The molecule has 1 saturated heterocycles. The monoisotopic (exact) mass is 272 g/mol. The lowest BCUT2D eigenvalue weighted by Gasteiger charge is -2.22. The van der Waals surface area contributed by atoms with Crippen LogP contribution >= 0.6 is 0 Å². The summed E-state index contributed by atoms with van der Waals surface area (Å²) < 4.78 is 28.4. The molecular formula is C11H20N4O2S. The average Bonchev–Trinajstić information content (AvgIpc) is 2.70. The van der Waals surface area contributed by atoms with E-state index in [2.05, 4.69) is 15.0 Å². The van der Waals surface area contributed by atoms with Gasteiger partial charge in [0, 0.05) is 19.8 Å². The number of hydrogen-bond donors (Lipinski definition) is 2. The predicted molar refractivity (Wildman–Crippen MR) is 68.7 cm³/mol. The van der Waals surface area contributed by atoms with Crippen LogP contribution in [0.3, 0.4) is 0 Å². The zero-order chi connectivity index (χ0) is 13.2. The normalized spacial score (nSPS) is 21.1. The molecule has 1 unspecified atom stereocenters. The highest BCUT2D eigenvalue weighted by Gasteiger charge is 2.21. The summed E-state index contributed by atoms with van der Waals surface area (Å²) in [7, 11) is -1.69. The molecule has 7 heteroatoms. The highest BCUT2D eigenvalue weighted by molar-refractivity contribution is 7.89. The number of piperidine rings is 1. The van der Waals surface area contributed by atoms with Crippen molar-refractivity contribution in [1.82, 2.24) is 19.6 Å². The number of sulfonamides is 1. The van der Waals surface area contributed by atoms with Gasteiger partial charge in [-0.1, -0.05) is 0 Å². The fourth-order valence-electron chi connectivity index (χ4n) is 2.06. The van der Waals surface area contributed by atoms with Gasteiger partial charge < -0.3 is 9.88 Å². The van der Waals surface area contributed by atoms with Crippen molar-refractivity contribution in [2.75, 3.05) is 19.6 Å². The van der Waals surface area contributed by atoms with Crippen LogP contribution < -0.4 is 10.0 Å². The number of nitrogens with zero attached hydrogens (tertiary/aromatic N) is 2. The van der Waals surface area contributed by atoms with Gasteiger partial charge in [-0.2, -0.15) is 0 Å². The molecule has 102 valence electrons. The van der Waals surface area contributed by atoms with Gasteiger partial charge in [0.2, 0.25) is 0 Å². The molecular weight excluding hydrogens is 252 g/mol. The molecule has 2 heterocycles. The van der Waals surface area contributed by atoms with E-state index >= 15 is 0 Å². The SMILES string of the molecule is Cc1nc(S(=O)(=O)NCC2CCCNC2)cn1C. The first kappa shape index (κ1) is 13.5. The lowest BCUT2D eigenvalue weighted by atomic mass is 10.0. The van der Waals surface area contributed by atoms with Gasteiger partial charge in [0.25, 0.3) is 10.0 Å². The van der Waals surface area contributed by atoms with Gasteiger partial charge in [-0.3, -0.25) is 0 Å². The standard InChI is InChI=1S/C11H20N4O2S/c1-9-14-11(8-15(9)2)18(16,17)13-7-10-4-3-5-12-6-10/h8,10,12-13H,3-7H2,1-2H3. The minimum Gasteiger partial charge on any atom is -0.337 e. The van der Waals surface area contributed by atoms with Gasteiger partial charge in [0.15, 0.2) is 5.03 Å². The predicted octanol–water partition coefficient (Wildman–Crippen LogP) is 0.00642. The summed E-state index contributed by atoms with van der Waals surface area (Å²) in [5, 5.41) is 3.37. The molecule has 0 spiro atoms. The summed E-state index contributed by atoms with van der Waals surface area (Å²) in [6, 6.07) is 0. The molecule has 0 radical (unpaired) electrons. The van der Waals surface area contributed by atoms with Crippen molar-refractivity contribution in [3.8, 4) is 0 Å². The Morgan fingerprint density at radius 3 is 2.94 bits per heavy atom. The minimum atomic E-state index is -3.47. The lowest BCUT2D eigenvalue weighted by Crippen LogP contribution is -2.38. The van der Waals surface area contributed by atoms with Gasteiger partial charge in [0.05, 0.1) is 0 Å². The van der Waals surface area contributed by atoms with Crippen LogP contribution in [0.1, 0.15) is 18.7 Å². The molecule has 0 saturated carbocycles. The molecule has 2 rings (SSSR count). The molecule has 1 aliphatic rings. The van der Waals surface area contributed by atoms with E-state index in [-0.39, 0.29) is 5.03 Å². The summed E-state index contributed by atoms with van der Waals surface area (Å²) in [5.41, 5.74) is 0. The second-order valence-corrected chi connectivity index (χ2v) is 6.52. The van der Waals surface area contributed by atoms with E-state index in [0.717, 1.165) is 25.9 Å². The average molecular weight is 272 g/mol. The Morgan fingerprint density at radius 1 is 1.61 bits per heavy atom. The van der Waals surface area contributed by atoms with Crippen molar-refractivity contribution in [3.05, 3.63) is 12.0 Å². The zero-order valence-corrected chi connectivity index (χ0v) is 11.6. The molecule has 1 atom stereocenters. The summed E-state index contributed by atoms with van der Waals surface area (Å²) in [4.78, 5) is 4.04. The first-order valence-electron chi connectivity index (χ1n) is 6.19. The number of hydrogen-bond acceptors (Lipinski definition) is 4.